The highest BCUT2D eigenvalue weighted by Crippen LogP contribution is 2.23. The van der Waals surface area contributed by atoms with Crippen molar-refractivity contribution >= 4 is 33.9 Å². The highest BCUT2D eigenvalue weighted by Gasteiger charge is 2.24. The first-order valence-corrected chi connectivity index (χ1v) is 8.72. The minimum absolute atomic E-state index is 0.143. The van der Waals surface area contributed by atoms with E-state index in [1.54, 1.807) is 0 Å². The number of nitrogens with zero attached hydrogens (tertiary/aromatic N) is 4. The highest BCUT2D eigenvalue weighted by atomic mass is 32.1. The van der Waals surface area contributed by atoms with Gasteiger partial charge in [0.25, 0.3) is 5.91 Å². The standard InChI is InChI=1S/C14H18N4OS2/c1-10(2)12-15-14(21-16-12)18-7-5-17(6-8-18)13(19)11-4-3-9-20-11/h3-4,9-10H,5-8H2,1-2H3. The molecule has 3 heterocycles. The molecule has 0 unspecified atom stereocenters. The fraction of sp³-hybridized carbons (Fsp3) is 0.500. The molecular formula is C14H18N4OS2. The smallest absolute Gasteiger partial charge is 0.264 e. The third-order valence-corrected chi connectivity index (χ3v) is 5.17. The maximum absolute atomic E-state index is 12.3. The van der Waals surface area contributed by atoms with E-state index in [1.165, 1.54) is 22.9 Å². The minimum Gasteiger partial charge on any atom is -0.343 e. The summed E-state index contributed by atoms with van der Waals surface area (Å²) >= 11 is 2.96. The third kappa shape index (κ3) is 3.08. The molecule has 2 aromatic rings. The zero-order valence-electron chi connectivity index (χ0n) is 12.2. The molecule has 1 saturated heterocycles. The van der Waals surface area contributed by atoms with E-state index in [1.807, 2.05) is 22.4 Å². The molecule has 0 atom stereocenters. The lowest BCUT2D eigenvalue weighted by Crippen LogP contribution is -2.48. The SMILES string of the molecule is CC(C)c1nsc(N2CCN(C(=O)c3cccs3)CC2)n1. The number of aromatic nitrogens is 2. The Morgan fingerprint density at radius 3 is 2.62 bits per heavy atom. The van der Waals surface area contributed by atoms with E-state index < -0.39 is 0 Å². The molecule has 1 aliphatic heterocycles. The first-order chi connectivity index (χ1) is 10.1. The number of thiophene rings is 1. The fourth-order valence-electron chi connectivity index (χ4n) is 2.25. The van der Waals surface area contributed by atoms with E-state index in [2.05, 4.69) is 28.1 Å². The van der Waals surface area contributed by atoms with Gasteiger partial charge in [-0.1, -0.05) is 19.9 Å². The number of hydrogen-bond donors (Lipinski definition) is 0. The monoisotopic (exact) mass is 322 g/mol. The molecule has 0 bridgehead atoms. The van der Waals surface area contributed by atoms with E-state index in [-0.39, 0.29) is 5.91 Å². The van der Waals surface area contributed by atoms with Crippen LogP contribution in [0.15, 0.2) is 17.5 Å². The van der Waals surface area contributed by atoms with Crippen LogP contribution in [-0.4, -0.2) is 46.3 Å². The highest BCUT2D eigenvalue weighted by molar-refractivity contribution is 7.12. The largest absolute Gasteiger partial charge is 0.343 e. The van der Waals surface area contributed by atoms with Crippen LogP contribution in [0.25, 0.3) is 0 Å². The topological polar surface area (TPSA) is 49.3 Å². The molecular weight excluding hydrogens is 304 g/mol. The van der Waals surface area contributed by atoms with E-state index in [4.69, 9.17) is 0 Å². The normalized spacial score (nSPS) is 15.8. The van der Waals surface area contributed by atoms with Crippen LogP contribution in [0.1, 0.15) is 35.3 Å². The van der Waals surface area contributed by atoms with Gasteiger partial charge in [0.15, 0.2) is 0 Å². The molecule has 21 heavy (non-hydrogen) atoms. The molecule has 0 saturated carbocycles. The van der Waals surface area contributed by atoms with E-state index >= 15 is 0 Å². The van der Waals surface area contributed by atoms with Crippen LogP contribution < -0.4 is 4.90 Å². The summed E-state index contributed by atoms with van der Waals surface area (Å²) in [6.45, 7) is 7.33. The van der Waals surface area contributed by atoms with Gasteiger partial charge in [-0.05, 0) is 11.4 Å². The zero-order valence-corrected chi connectivity index (χ0v) is 13.8. The van der Waals surface area contributed by atoms with E-state index in [0.29, 0.717) is 5.92 Å². The zero-order chi connectivity index (χ0) is 14.8. The van der Waals surface area contributed by atoms with Crippen LogP contribution in [0.5, 0.6) is 0 Å². The molecule has 3 rings (SSSR count). The third-order valence-electron chi connectivity index (χ3n) is 3.52. The van der Waals surface area contributed by atoms with Gasteiger partial charge in [-0.15, -0.1) is 11.3 Å². The predicted molar refractivity (Wildman–Crippen MR) is 86.4 cm³/mol. The maximum Gasteiger partial charge on any atom is 0.264 e. The van der Waals surface area contributed by atoms with Crippen LogP contribution in [0, 0.1) is 0 Å². The first-order valence-electron chi connectivity index (χ1n) is 7.06. The second kappa shape index (κ2) is 6.11. The van der Waals surface area contributed by atoms with E-state index in [9.17, 15) is 4.79 Å². The molecule has 1 amide bonds. The number of anilines is 1. The molecule has 2 aromatic heterocycles. The fourth-order valence-corrected chi connectivity index (χ4v) is 3.80. The van der Waals surface area contributed by atoms with Crippen LogP contribution in [0.2, 0.25) is 0 Å². The molecule has 0 spiro atoms. The summed E-state index contributed by atoms with van der Waals surface area (Å²) in [4.78, 5) is 21.8. The lowest BCUT2D eigenvalue weighted by Gasteiger charge is -2.34. The Morgan fingerprint density at radius 1 is 1.29 bits per heavy atom. The Bertz CT molecular complexity index is 600. The quantitative estimate of drug-likeness (QED) is 0.872. The van der Waals surface area contributed by atoms with Crippen LogP contribution in [0.3, 0.4) is 0 Å². The number of carbonyl (C=O) groups is 1. The summed E-state index contributed by atoms with van der Waals surface area (Å²) in [5.74, 6) is 1.41. The lowest BCUT2D eigenvalue weighted by atomic mass is 10.2. The molecule has 0 N–H and O–H groups in total. The number of amides is 1. The Balaban J connectivity index is 1.61. The Morgan fingerprint density at radius 2 is 2.05 bits per heavy atom. The van der Waals surface area contributed by atoms with Crippen molar-refractivity contribution in [1.82, 2.24) is 14.3 Å². The van der Waals surface area contributed by atoms with Gasteiger partial charge in [-0.3, -0.25) is 4.79 Å². The van der Waals surface area contributed by atoms with E-state index in [0.717, 1.165) is 42.0 Å². The predicted octanol–water partition coefficient (Wildman–Crippen LogP) is 2.69. The Hall–Kier alpha value is -1.47. The van der Waals surface area contributed by atoms with Gasteiger partial charge >= 0.3 is 0 Å². The first kappa shape index (κ1) is 14.5. The number of piperazine rings is 1. The van der Waals surface area contributed by atoms with Crippen molar-refractivity contribution in [2.45, 2.75) is 19.8 Å². The van der Waals surface area contributed by atoms with Crippen molar-refractivity contribution in [3.8, 4) is 0 Å². The van der Waals surface area contributed by atoms with Crippen molar-refractivity contribution in [3.63, 3.8) is 0 Å². The maximum atomic E-state index is 12.3. The number of carbonyl (C=O) groups excluding carboxylic acids is 1. The second-order valence-electron chi connectivity index (χ2n) is 5.35. The van der Waals surface area contributed by atoms with Crippen LogP contribution in [-0.2, 0) is 0 Å². The molecule has 0 aromatic carbocycles. The summed E-state index contributed by atoms with van der Waals surface area (Å²) in [6.07, 6.45) is 0. The molecule has 7 heteroatoms. The minimum atomic E-state index is 0.143. The van der Waals surface area contributed by atoms with Gasteiger partial charge in [-0.2, -0.15) is 4.37 Å². The number of hydrogen-bond acceptors (Lipinski definition) is 6. The lowest BCUT2D eigenvalue weighted by molar-refractivity contribution is 0.0751. The summed E-state index contributed by atoms with van der Waals surface area (Å²) in [6, 6.07) is 3.81. The van der Waals surface area contributed by atoms with Gasteiger partial charge in [0.05, 0.1) is 4.88 Å². The summed E-state index contributed by atoms with van der Waals surface area (Å²) in [5, 5.41) is 2.92. The van der Waals surface area contributed by atoms with Crippen LogP contribution in [0.4, 0.5) is 5.13 Å². The summed E-state index contributed by atoms with van der Waals surface area (Å²) in [7, 11) is 0. The molecule has 0 aliphatic carbocycles. The second-order valence-corrected chi connectivity index (χ2v) is 7.02. The van der Waals surface area contributed by atoms with Crippen molar-refractivity contribution in [3.05, 3.63) is 28.2 Å². The van der Waals surface area contributed by atoms with Crippen molar-refractivity contribution in [2.24, 2.45) is 0 Å². The van der Waals surface area contributed by atoms with Gasteiger partial charge < -0.3 is 9.80 Å². The number of rotatable bonds is 3. The molecule has 1 aliphatic rings. The average Bonchev–Trinajstić information content (AvgIpc) is 3.18. The van der Waals surface area contributed by atoms with Crippen LogP contribution >= 0.6 is 22.9 Å². The molecule has 112 valence electrons. The average molecular weight is 322 g/mol. The molecule has 1 fully saturated rings. The van der Waals surface area contributed by atoms with Gasteiger partial charge in [-0.25, -0.2) is 4.98 Å². The Kier molecular flexibility index (Phi) is 4.21. The summed E-state index contributed by atoms with van der Waals surface area (Å²) in [5.41, 5.74) is 0. The van der Waals surface area contributed by atoms with Crippen molar-refractivity contribution in [2.75, 3.05) is 31.1 Å². The molecule has 0 radical (unpaired) electrons. The molecule has 5 nitrogen and oxygen atoms in total. The van der Waals surface area contributed by atoms with Crippen molar-refractivity contribution < 1.29 is 4.79 Å². The van der Waals surface area contributed by atoms with Gasteiger partial charge in [0, 0.05) is 43.6 Å². The summed E-state index contributed by atoms with van der Waals surface area (Å²) < 4.78 is 4.40. The Labute approximate surface area is 132 Å². The van der Waals surface area contributed by atoms with Gasteiger partial charge in [0.2, 0.25) is 5.13 Å². The van der Waals surface area contributed by atoms with Crippen molar-refractivity contribution in [1.29, 1.82) is 0 Å². The van der Waals surface area contributed by atoms with Gasteiger partial charge in [0.1, 0.15) is 5.82 Å².